The van der Waals surface area contributed by atoms with E-state index in [2.05, 4.69) is 20.6 Å². The van der Waals surface area contributed by atoms with E-state index < -0.39 is 0 Å². The van der Waals surface area contributed by atoms with Crippen molar-refractivity contribution in [2.75, 3.05) is 11.9 Å². The first-order valence-electron chi connectivity index (χ1n) is 11.1. The summed E-state index contributed by atoms with van der Waals surface area (Å²) < 4.78 is 0. The lowest BCUT2D eigenvalue weighted by Gasteiger charge is -2.26. The number of rotatable bonds is 9. The molecule has 0 radical (unpaired) electrons. The van der Waals surface area contributed by atoms with Crippen molar-refractivity contribution in [3.63, 3.8) is 0 Å². The quantitative estimate of drug-likeness (QED) is 0.460. The first-order valence-corrected chi connectivity index (χ1v) is 11.1. The summed E-state index contributed by atoms with van der Waals surface area (Å²) in [5.74, 6) is 1.37. The van der Waals surface area contributed by atoms with Gasteiger partial charge in [-0.25, -0.2) is 4.98 Å². The summed E-state index contributed by atoms with van der Waals surface area (Å²) in [6.45, 7) is 3.01. The monoisotopic (exact) mass is 423 g/mol. The van der Waals surface area contributed by atoms with Crippen LogP contribution in [0, 0.1) is 11.8 Å². The van der Waals surface area contributed by atoms with Gasteiger partial charge in [-0.1, -0.05) is 30.4 Å². The van der Waals surface area contributed by atoms with Gasteiger partial charge in [-0.15, -0.1) is 0 Å². The number of imidazole rings is 1. The number of nitrogens with two attached hydrogens (primary N) is 1. The third-order valence-corrected chi connectivity index (χ3v) is 5.87. The zero-order valence-corrected chi connectivity index (χ0v) is 18.2. The van der Waals surface area contributed by atoms with E-state index in [9.17, 15) is 9.59 Å². The second-order valence-electron chi connectivity index (χ2n) is 8.12. The number of H-pyrrole nitrogens is 1. The highest BCUT2D eigenvalue weighted by Gasteiger charge is 2.25. The number of allylic oxidation sites excluding steroid dienone is 2. The molecule has 5 N–H and O–H groups in total. The molecule has 0 bridgehead atoms. The first-order chi connectivity index (χ1) is 15.1. The Kier molecular flexibility index (Phi) is 8.41. The molecule has 166 valence electrons. The van der Waals surface area contributed by atoms with Gasteiger partial charge >= 0.3 is 0 Å². The summed E-state index contributed by atoms with van der Waals surface area (Å²) >= 11 is 0. The summed E-state index contributed by atoms with van der Waals surface area (Å²) in [4.78, 5) is 32.4. The molecule has 31 heavy (non-hydrogen) atoms. The van der Waals surface area contributed by atoms with Crippen molar-refractivity contribution < 1.29 is 9.59 Å². The van der Waals surface area contributed by atoms with Crippen LogP contribution in [0.15, 0.2) is 42.6 Å². The van der Waals surface area contributed by atoms with Gasteiger partial charge in [-0.05, 0) is 57.6 Å². The number of para-hydroxylation sites is 1. The van der Waals surface area contributed by atoms with E-state index >= 15 is 0 Å². The molecule has 1 saturated carbocycles. The molecule has 1 heterocycles. The molecule has 3 rings (SSSR count). The number of hydrogen-bond donors (Lipinski definition) is 4. The number of nitrogens with zero attached hydrogens (tertiary/aromatic N) is 1. The maximum Gasteiger partial charge on any atom is 0.224 e. The largest absolute Gasteiger partial charge is 0.349 e. The summed E-state index contributed by atoms with van der Waals surface area (Å²) in [5.41, 5.74) is 8.15. The molecule has 1 aliphatic rings. The smallest absolute Gasteiger partial charge is 0.224 e. The third kappa shape index (κ3) is 6.52. The number of carbonyl (C=O) groups is 2. The summed E-state index contributed by atoms with van der Waals surface area (Å²) in [6.07, 6.45) is 10.7. The highest BCUT2D eigenvalue weighted by atomic mass is 16.2. The maximum absolute atomic E-state index is 12.5. The van der Waals surface area contributed by atoms with Gasteiger partial charge in [0.1, 0.15) is 5.82 Å². The molecule has 0 atom stereocenters. The van der Waals surface area contributed by atoms with E-state index in [1.807, 2.05) is 43.3 Å². The van der Waals surface area contributed by atoms with E-state index in [1.165, 1.54) is 0 Å². The van der Waals surface area contributed by atoms with Crippen molar-refractivity contribution in [1.29, 1.82) is 0 Å². The number of aromatic amines is 1. The van der Waals surface area contributed by atoms with Crippen LogP contribution in [-0.2, 0) is 16.1 Å². The topological polar surface area (TPSA) is 113 Å². The van der Waals surface area contributed by atoms with Gasteiger partial charge in [0, 0.05) is 17.9 Å². The van der Waals surface area contributed by atoms with Crippen molar-refractivity contribution in [3.8, 4) is 11.3 Å². The fraction of sp³-hybridized carbons (Fsp3) is 0.458. The Morgan fingerprint density at radius 3 is 2.74 bits per heavy atom. The van der Waals surface area contributed by atoms with Crippen LogP contribution in [0.3, 0.4) is 0 Å². The van der Waals surface area contributed by atoms with Crippen molar-refractivity contribution >= 4 is 17.5 Å². The normalized spacial score (nSPS) is 18.8. The summed E-state index contributed by atoms with van der Waals surface area (Å²) in [6, 6.07) is 7.63. The van der Waals surface area contributed by atoms with E-state index in [-0.39, 0.29) is 17.7 Å². The second-order valence-corrected chi connectivity index (χ2v) is 8.12. The molecule has 1 aliphatic carbocycles. The van der Waals surface area contributed by atoms with Gasteiger partial charge < -0.3 is 21.4 Å². The van der Waals surface area contributed by atoms with Crippen LogP contribution >= 0.6 is 0 Å². The molecule has 7 heteroatoms. The van der Waals surface area contributed by atoms with E-state index in [4.69, 9.17) is 5.73 Å². The molecule has 0 aliphatic heterocycles. The van der Waals surface area contributed by atoms with Gasteiger partial charge in [-0.3, -0.25) is 9.59 Å². The number of benzene rings is 1. The highest BCUT2D eigenvalue weighted by molar-refractivity contribution is 5.95. The Hall–Kier alpha value is -2.93. The number of carbonyl (C=O) groups excluding carboxylic acids is 2. The highest BCUT2D eigenvalue weighted by Crippen LogP contribution is 2.29. The Morgan fingerprint density at radius 1 is 1.23 bits per heavy atom. The number of hydrogen-bond acceptors (Lipinski definition) is 4. The van der Waals surface area contributed by atoms with Crippen molar-refractivity contribution in [3.05, 3.63) is 48.4 Å². The molecule has 0 spiro atoms. The Bertz CT molecular complexity index is 897. The van der Waals surface area contributed by atoms with Crippen molar-refractivity contribution in [2.24, 2.45) is 17.6 Å². The number of amides is 2. The fourth-order valence-corrected chi connectivity index (χ4v) is 3.99. The molecular formula is C24H33N5O2. The average Bonchev–Trinajstić information content (AvgIpc) is 3.27. The van der Waals surface area contributed by atoms with Gasteiger partial charge in [0.05, 0.1) is 24.1 Å². The molecule has 2 aromatic rings. The molecule has 7 nitrogen and oxygen atoms in total. The lowest BCUT2D eigenvalue weighted by molar-refractivity contribution is -0.126. The Morgan fingerprint density at radius 2 is 2.00 bits per heavy atom. The number of aromatic nitrogens is 2. The molecule has 1 aromatic heterocycles. The van der Waals surface area contributed by atoms with Crippen LogP contribution in [0.2, 0.25) is 0 Å². The molecule has 2 amide bonds. The first kappa shape index (κ1) is 22.7. The van der Waals surface area contributed by atoms with Crippen LogP contribution in [0.4, 0.5) is 5.69 Å². The SMILES string of the molecule is C/C=C/CCC(=O)Nc1ccccc1-c1cnc(CNC(=O)C2CCC(CN)CC2)[nH]1. The zero-order chi connectivity index (χ0) is 22.1. The van der Waals surface area contributed by atoms with E-state index in [1.54, 1.807) is 6.20 Å². The van der Waals surface area contributed by atoms with E-state index in [0.717, 1.165) is 42.6 Å². The van der Waals surface area contributed by atoms with Crippen LogP contribution in [0.5, 0.6) is 0 Å². The molecular weight excluding hydrogens is 390 g/mol. The third-order valence-electron chi connectivity index (χ3n) is 5.87. The van der Waals surface area contributed by atoms with Gasteiger partial charge in [0.25, 0.3) is 0 Å². The minimum atomic E-state index is -0.0260. The van der Waals surface area contributed by atoms with Gasteiger partial charge in [0.2, 0.25) is 11.8 Å². The lowest BCUT2D eigenvalue weighted by Crippen LogP contribution is -2.34. The second kappa shape index (κ2) is 11.5. The average molecular weight is 424 g/mol. The van der Waals surface area contributed by atoms with Crippen molar-refractivity contribution in [2.45, 2.75) is 52.0 Å². The summed E-state index contributed by atoms with van der Waals surface area (Å²) in [5, 5.41) is 5.98. The van der Waals surface area contributed by atoms with Gasteiger partial charge in [-0.2, -0.15) is 0 Å². The minimum absolute atomic E-state index is 0.0260. The van der Waals surface area contributed by atoms with Crippen molar-refractivity contribution in [1.82, 2.24) is 15.3 Å². The molecule has 0 saturated heterocycles. The van der Waals surface area contributed by atoms with Gasteiger partial charge in [0.15, 0.2) is 0 Å². The standard InChI is InChI=1S/C24H33N5O2/c1-2-3-4-9-23(30)29-20-8-6-5-7-19(20)21-15-26-22(28-21)16-27-24(31)18-12-10-17(14-25)11-13-18/h2-3,5-8,15,17-18H,4,9-14,16,25H2,1H3,(H,26,28)(H,27,31)(H,29,30)/b3-2+. The fourth-order valence-electron chi connectivity index (χ4n) is 3.99. The molecule has 0 unspecified atom stereocenters. The van der Waals surface area contributed by atoms with Crippen LogP contribution in [-0.4, -0.2) is 28.3 Å². The number of nitrogens with one attached hydrogen (secondary N) is 3. The Labute approximate surface area is 183 Å². The Balaban J connectivity index is 1.57. The predicted octanol–water partition coefficient (Wildman–Crippen LogP) is 3.75. The summed E-state index contributed by atoms with van der Waals surface area (Å²) in [7, 11) is 0. The number of anilines is 1. The minimum Gasteiger partial charge on any atom is -0.349 e. The van der Waals surface area contributed by atoms with E-state index in [0.29, 0.717) is 37.7 Å². The van der Waals surface area contributed by atoms with Crippen LogP contribution in [0.1, 0.15) is 51.3 Å². The molecule has 1 fully saturated rings. The predicted molar refractivity (Wildman–Crippen MR) is 123 cm³/mol. The molecule has 1 aromatic carbocycles. The zero-order valence-electron chi connectivity index (χ0n) is 18.2. The lowest BCUT2D eigenvalue weighted by atomic mass is 9.81. The maximum atomic E-state index is 12.5. The van der Waals surface area contributed by atoms with Crippen LogP contribution in [0.25, 0.3) is 11.3 Å². The van der Waals surface area contributed by atoms with Crippen LogP contribution < -0.4 is 16.4 Å².